The molecule has 2 atom stereocenters. The Balaban J connectivity index is 1.65. The standard InChI is InChI=1S/C17H19ClFN3O2S/c1-10-6-22(7-11(2)24-10)8-12-9-25-17(20-12)21-16(23)15-13(18)4-3-5-14(15)19/h3-5,9-11H,6-8H2,1-2H3,(H,20,21,23). The number of thiazole rings is 1. The first-order valence-electron chi connectivity index (χ1n) is 8.00. The highest BCUT2D eigenvalue weighted by Crippen LogP contribution is 2.23. The average molecular weight is 384 g/mol. The average Bonchev–Trinajstić information content (AvgIpc) is 2.92. The van der Waals surface area contributed by atoms with Crippen LogP contribution in [-0.2, 0) is 11.3 Å². The van der Waals surface area contributed by atoms with Crippen molar-refractivity contribution in [1.29, 1.82) is 0 Å². The van der Waals surface area contributed by atoms with Crippen LogP contribution >= 0.6 is 22.9 Å². The molecular formula is C17H19ClFN3O2S. The molecule has 0 bridgehead atoms. The van der Waals surface area contributed by atoms with Gasteiger partial charge in [0.1, 0.15) is 5.82 Å². The molecule has 2 aromatic rings. The second-order valence-electron chi connectivity index (χ2n) is 6.15. The highest BCUT2D eigenvalue weighted by Gasteiger charge is 2.23. The zero-order valence-electron chi connectivity index (χ0n) is 14.0. The van der Waals surface area contributed by atoms with Crippen LogP contribution in [0.3, 0.4) is 0 Å². The largest absolute Gasteiger partial charge is 0.373 e. The molecular weight excluding hydrogens is 365 g/mol. The van der Waals surface area contributed by atoms with E-state index in [-0.39, 0.29) is 22.8 Å². The van der Waals surface area contributed by atoms with Crippen LogP contribution in [0.4, 0.5) is 9.52 Å². The summed E-state index contributed by atoms with van der Waals surface area (Å²) in [6, 6.07) is 4.14. The van der Waals surface area contributed by atoms with E-state index in [0.717, 1.165) is 18.8 Å². The van der Waals surface area contributed by atoms with Crippen molar-refractivity contribution < 1.29 is 13.9 Å². The molecule has 1 N–H and O–H groups in total. The van der Waals surface area contributed by atoms with Crippen LogP contribution in [0.5, 0.6) is 0 Å². The second kappa shape index (κ2) is 7.78. The van der Waals surface area contributed by atoms with Gasteiger partial charge in [-0.05, 0) is 26.0 Å². The quantitative estimate of drug-likeness (QED) is 0.872. The maximum atomic E-state index is 13.8. The van der Waals surface area contributed by atoms with Gasteiger partial charge >= 0.3 is 0 Å². The van der Waals surface area contributed by atoms with E-state index in [0.29, 0.717) is 11.7 Å². The lowest BCUT2D eigenvalue weighted by Crippen LogP contribution is -2.44. The minimum absolute atomic E-state index is 0.0746. The topological polar surface area (TPSA) is 54.5 Å². The number of hydrogen-bond acceptors (Lipinski definition) is 5. The molecule has 0 saturated carbocycles. The van der Waals surface area contributed by atoms with Gasteiger partial charge in [0.25, 0.3) is 5.91 Å². The summed E-state index contributed by atoms with van der Waals surface area (Å²) >= 11 is 7.22. The number of nitrogens with one attached hydrogen (secondary N) is 1. The Bertz CT molecular complexity index is 740. The third kappa shape index (κ3) is 4.55. The molecule has 1 fully saturated rings. The van der Waals surface area contributed by atoms with E-state index in [1.54, 1.807) is 0 Å². The fraction of sp³-hybridized carbons (Fsp3) is 0.412. The third-order valence-corrected chi connectivity index (χ3v) is 4.96. The van der Waals surface area contributed by atoms with Crippen LogP contribution in [0.2, 0.25) is 5.02 Å². The number of rotatable bonds is 4. The summed E-state index contributed by atoms with van der Waals surface area (Å²) < 4.78 is 19.5. The number of hydrogen-bond donors (Lipinski definition) is 1. The Morgan fingerprint density at radius 2 is 2.16 bits per heavy atom. The molecule has 8 heteroatoms. The number of aromatic nitrogens is 1. The lowest BCUT2D eigenvalue weighted by molar-refractivity contribution is -0.0707. The monoisotopic (exact) mass is 383 g/mol. The van der Waals surface area contributed by atoms with Gasteiger partial charge in [-0.3, -0.25) is 15.0 Å². The summed E-state index contributed by atoms with van der Waals surface area (Å²) in [4.78, 5) is 18.9. The van der Waals surface area contributed by atoms with Gasteiger partial charge in [-0.1, -0.05) is 17.7 Å². The number of benzene rings is 1. The highest BCUT2D eigenvalue weighted by atomic mass is 35.5. The van der Waals surface area contributed by atoms with Crippen LogP contribution < -0.4 is 5.32 Å². The van der Waals surface area contributed by atoms with Crippen LogP contribution in [0.15, 0.2) is 23.6 Å². The van der Waals surface area contributed by atoms with E-state index >= 15 is 0 Å². The van der Waals surface area contributed by atoms with Gasteiger partial charge in [-0.25, -0.2) is 9.37 Å². The van der Waals surface area contributed by atoms with Gasteiger partial charge < -0.3 is 4.74 Å². The summed E-state index contributed by atoms with van der Waals surface area (Å²) in [6.07, 6.45) is 0.370. The summed E-state index contributed by atoms with van der Waals surface area (Å²) in [6.45, 7) is 6.47. The molecule has 2 heterocycles. The Morgan fingerprint density at radius 3 is 2.84 bits per heavy atom. The molecule has 1 aliphatic heterocycles. The number of anilines is 1. The number of halogens is 2. The summed E-state index contributed by atoms with van der Waals surface area (Å²) in [5.74, 6) is -1.25. The first-order chi connectivity index (χ1) is 11.9. The molecule has 3 rings (SSSR count). The molecule has 1 aromatic heterocycles. The number of carbonyl (C=O) groups is 1. The van der Waals surface area contributed by atoms with Crippen molar-refractivity contribution in [2.75, 3.05) is 18.4 Å². The molecule has 25 heavy (non-hydrogen) atoms. The molecule has 1 aromatic carbocycles. The smallest absolute Gasteiger partial charge is 0.261 e. The Kier molecular flexibility index (Phi) is 5.68. The normalized spacial score (nSPS) is 21.3. The predicted octanol–water partition coefficient (Wildman–Crippen LogP) is 3.80. The molecule has 1 saturated heterocycles. The van der Waals surface area contributed by atoms with Crippen molar-refractivity contribution >= 4 is 34.0 Å². The zero-order valence-corrected chi connectivity index (χ0v) is 15.5. The van der Waals surface area contributed by atoms with E-state index in [1.165, 1.54) is 29.5 Å². The van der Waals surface area contributed by atoms with E-state index in [2.05, 4.69) is 15.2 Å². The number of amides is 1. The van der Waals surface area contributed by atoms with Crippen molar-refractivity contribution in [3.05, 3.63) is 45.7 Å². The Hall–Kier alpha value is -1.54. The van der Waals surface area contributed by atoms with Crippen molar-refractivity contribution in [3.63, 3.8) is 0 Å². The van der Waals surface area contributed by atoms with Gasteiger partial charge in [0.05, 0.1) is 28.5 Å². The third-order valence-electron chi connectivity index (χ3n) is 3.84. The number of nitrogens with zero attached hydrogens (tertiary/aromatic N) is 2. The minimum Gasteiger partial charge on any atom is -0.373 e. The van der Waals surface area contributed by atoms with E-state index in [1.807, 2.05) is 19.2 Å². The Morgan fingerprint density at radius 1 is 1.44 bits per heavy atom. The predicted molar refractivity (Wildman–Crippen MR) is 96.8 cm³/mol. The maximum Gasteiger partial charge on any atom is 0.261 e. The van der Waals surface area contributed by atoms with Crippen LogP contribution in [0.1, 0.15) is 29.9 Å². The van der Waals surface area contributed by atoms with E-state index in [9.17, 15) is 9.18 Å². The number of carbonyl (C=O) groups excluding carboxylic acids is 1. The maximum absolute atomic E-state index is 13.8. The second-order valence-corrected chi connectivity index (χ2v) is 7.41. The van der Waals surface area contributed by atoms with Crippen LogP contribution in [0.25, 0.3) is 0 Å². The van der Waals surface area contributed by atoms with Crippen molar-refractivity contribution in [3.8, 4) is 0 Å². The van der Waals surface area contributed by atoms with Crippen molar-refractivity contribution in [2.45, 2.75) is 32.6 Å². The molecule has 0 aliphatic carbocycles. The summed E-state index contributed by atoms with van der Waals surface area (Å²) in [5.41, 5.74) is 0.693. The van der Waals surface area contributed by atoms with Gasteiger partial charge in [-0.15, -0.1) is 11.3 Å². The SMILES string of the molecule is CC1CN(Cc2csc(NC(=O)c3c(F)cccc3Cl)n2)CC(C)O1. The molecule has 1 amide bonds. The summed E-state index contributed by atoms with van der Waals surface area (Å²) in [7, 11) is 0. The van der Waals surface area contributed by atoms with Crippen molar-refractivity contribution in [1.82, 2.24) is 9.88 Å². The highest BCUT2D eigenvalue weighted by molar-refractivity contribution is 7.14. The van der Waals surface area contributed by atoms with Gasteiger partial charge in [0.2, 0.25) is 0 Å². The van der Waals surface area contributed by atoms with Gasteiger partial charge in [0.15, 0.2) is 5.13 Å². The van der Waals surface area contributed by atoms with E-state index < -0.39 is 11.7 Å². The number of morpholine rings is 1. The number of ether oxygens (including phenoxy) is 1. The molecule has 2 unspecified atom stereocenters. The fourth-order valence-electron chi connectivity index (χ4n) is 2.95. The van der Waals surface area contributed by atoms with Crippen LogP contribution in [0, 0.1) is 5.82 Å². The van der Waals surface area contributed by atoms with Crippen LogP contribution in [-0.4, -0.2) is 41.1 Å². The first-order valence-corrected chi connectivity index (χ1v) is 9.25. The molecule has 0 radical (unpaired) electrons. The molecule has 1 aliphatic rings. The minimum atomic E-state index is -0.655. The Labute approximate surface area is 154 Å². The fourth-order valence-corrected chi connectivity index (χ4v) is 3.90. The first kappa shape index (κ1) is 18.3. The van der Waals surface area contributed by atoms with Gasteiger partial charge in [0, 0.05) is 25.0 Å². The van der Waals surface area contributed by atoms with Crippen molar-refractivity contribution in [2.24, 2.45) is 0 Å². The summed E-state index contributed by atoms with van der Waals surface area (Å²) in [5, 5.41) is 5.01. The molecule has 0 spiro atoms. The molecule has 5 nitrogen and oxygen atoms in total. The lowest BCUT2D eigenvalue weighted by Gasteiger charge is -2.34. The van der Waals surface area contributed by atoms with Gasteiger partial charge in [-0.2, -0.15) is 0 Å². The molecule has 134 valence electrons. The zero-order chi connectivity index (χ0) is 18.0. The van der Waals surface area contributed by atoms with E-state index in [4.69, 9.17) is 16.3 Å². The lowest BCUT2D eigenvalue weighted by atomic mass is 10.2.